The second-order valence-corrected chi connectivity index (χ2v) is 14.0. The van der Waals surface area contributed by atoms with Gasteiger partial charge >= 0.3 is 12.1 Å². The Labute approximate surface area is 196 Å². The Kier molecular flexibility index (Phi) is 9.19. The molecule has 0 bridgehead atoms. The first-order valence-electron chi connectivity index (χ1n) is 11.0. The van der Waals surface area contributed by atoms with Crippen molar-refractivity contribution >= 4 is 26.1 Å². The third-order valence-electron chi connectivity index (χ3n) is 5.73. The summed E-state index contributed by atoms with van der Waals surface area (Å²) >= 11 is 0. The van der Waals surface area contributed by atoms with Crippen LogP contribution >= 0.6 is 0 Å². The van der Waals surface area contributed by atoms with E-state index in [1.54, 1.807) is 19.1 Å². The third-order valence-corrected chi connectivity index (χ3v) is 10.2. The highest BCUT2D eigenvalue weighted by Crippen LogP contribution is 2.41. The molecule has 1 N–H and O–H groups in total. The van der Waals surface area contributed by atoms with E-state index in [9.17, 15) is 9.59 Å². The molecule has 0 aliphatic rings. The molecule has 0 aromatic heterocycles. The number of ether oxygens (including phenoxy) is 2. The number of rotatable bonds is 9. The SMILES string of the molecule is CCOC(=O)CC(O[Si](C)(C)C(C)(C)C)c1cccc(NC(=O)OCc2ccccc2)c1F. The molecule has 33 heavy (non-hydrogen) atoms. The van der Waals surface area contributed by atoms with Gasteiger partial charge in [-0.1, -0.05) is 63.2 Å². The predicted molar refractivity (Wildman–Crippen MR) is 129 cm³/mol. The minimum atomic E-state index is -2.35. The number of anilines is 1. The molecular weight excluding hydrogens is 441 g/mol. The lowest BCUT2D eigenvalue weighted by Gasteiger charge is -2.39. The van der Waals surface area contributed by atoms with E-state index >= 15 is 4.39 Å². The highest BCUT2D eigenvalue weighted by atomic mass is 28.4. The first-order valence-corrected chi connectivity index (χ1v) is 13.9. The lowest BCUT2D eigenvalue weighted by molar-refractivity contribution is -0.145. The highest BCUT2D eigenvalue weighted by Gasteiger charge is 2.40. The van der Waals surface area contributed by atoms with E-state index in [2.05, 4.69) is 26.1 Å². The fourth-order valence-electron chi connectivity index (χ4n) is 2.88. The van der Waals surface area contributed by atoms with Crippen molar-refractivity contribution in [1.82, 2.24) is 0 Å². The number of amides is 1. The summed E-state index contributed by atoms with van der Waals surface area (Å²) in [6.07, 6.45) is -1.74. The van der Waals surface area contributed by atoms with Gasteiger partial charge in [0.2, 0.25) is 0 Å². The van der Waals surface area contributed by atoms with Crippen molar-refractivity contribution in [2.45, 2.75) is 65.0 Å². The van der Waals surface area contributed by atoms with Gasteiger partial charge in [-0.25, -0.2) is 9.18 Å². The van der Waals surface area contributed by atoms with Crippen LogP contribution in [0.5, 0.6) is 0 Å². The Morgan fingerprint density at radius 1 is 1.03 bits per heavy atom. The van der Waals surface area contributed by atoms with E-state index < -0.39 is 32.3 Å². The van der Waals surface area contributed by atoms with Gasteiger partial charge in [-0.3, -0.25) is 10.1 Å². The van der Waals surface area contributed by atoms with Gasteiger partial charge in [-0.2, -0.15) is 0 Å². The molecule has 0 aliphatic heterocycles. The van der Waals surface area contributed by atoms with E-state index in [0.29, 0.717) is 0 Å². The molecule has 0 heterocycles. The van der Waals surface area contributed by atoms with Gasteiger partial charge in [0.25, 0.3) is 0 Å². The average molecular weight is 476 g/mol. The molecule has 1 atom stereocenters. The van der Waals surface area contributed by atoms with Crippen LogP contribution in [0.3, 0.4) is 0 Å². The molecule has 0 saturated carbocycles. The van der Waals surface area contributed by atoms with Gasteiger partial charge in [-0.15, -0.1) is 0 Å². The number of nitrogens with one attached hydrogen (secondary N) is 1. The summed E-state index contributed by atoms with van der Waals surface area (Å²) in [5.74, 6) is -1.14. The van der Waals surface area contributed by atoms with E-state index in [1.807, 2.05) is 43.4 Å². The van der Waals surface area contributed by atoms with Crippen LogP contribution in [0.4, 0.5) is 14.9 Å². The van der Waals surface area contributed by atoms with Crippen LogP contribution in [-0.4, -0.2) is 27.0 Å². The van der Waals surface area contributed by atoms with Crippen LogP contribution < -0.4 is 5.32 Å². The van der Waals surface area contributed by atoms with Gasteiger partial charge < -0.3 is 13.9 Å². The Bertz CT molecular complexity index is 944. The molecule has 8 heteroatoms. The quantitative estimate of drug-likeness (QED) is 0.327. The fourth-order valence-corrected chi connectivity index (χ4v) is 4.16. The number of hydrogen-bond acceptors (Lipinski definition) is 5. The van der Waals surface area contributed by atoms with Gasteiger partial charge in [0, 0.05) is 5.56 Å². The molecule has 180 valence electrons. The molecule has 0 radical (unpaired) electrons. The molecule has 1 unspecified atom stereocenters. The molecule has 1 amide bonds. The second kappa shape index (κ2) is 11.4. The number of hydrogen-bond donors (Lipinski definition) is 1. The molecule has 0 saturated heterocycles. The standard InChI is InChI=1S/C25H34FNO5Si/c1-7-30-22(28)16-21(32-33(5,6)25(2,3)4)19-14-11-15-20(23(19)26)27-24(29)31-17-18-12-9-8-10-13-18/h8-15,21H,7,16-17H2,1-6H3,(H,27,29). The van der Waals surface area contributed by atoms with E-state index in [-0.39, 0.29) is 35.9 Å². The molecular formula is C25H34FNO5Si. The summed E-state index contributed by atoms with van der Waals surface area (Å²) in [6.45, 7) is 12.3. The van der Waals surface area contributed by atoms with Crippen molar-refractivity contribution in [2.24, 2.45) is 0 Å². The first-order chi connectivity index (χ1) is 15.4. The second-order valence-electron chi connectivity index (χ2n) is 9.27. The Morgan fingerprint density at radius 2 is 1.70 bits per heavy atom. The van der Waals surface area contributed by atoms with Gasteiger partial charge in [-0.05, 0) is 36.7 Å². The number of halogens is 1. The van der Waals surface area contributed by atoms with Crippen LogP contribution in [0.25, 0.3) is 0 Å². The summed E-state index contributed by atoms with van der Waals surface area (Å²) in [4.78, 5) is 24.5. The maximum atomic E-state index is 15.5. The molecule has 0 fully saturated rings. The molecule has 0 aliphatic carbocycles. The largest absolute Gasteiger partial charge is 0.466 e. The van der Waals surface area contributed by atoms with Crippen LogP contribution in [0, 0.1) is 5.82 Å². The van der Waals surface area contributed by atoms with E-state index in [1.165, 1.54) is 6.07 Å². The number of carbonyl (C=O) groups excluding carboxylic acids is 2. The molecule has 0 spiro atoms. The van der Waals surface area contributed by atoms with Crippen LogP contribution in [0.2, 0.25) is 18.1 Å². The third kappa shape index (κ3) is 7.68. The van der Waals surface area contributed by atoms with Crippen LogP contribution in [0.1, 0.15) is 51.3 Å². The summed E-state index contributed by atoms with van der Waals surface area (Å²) < 4.78 is 32.2. The normalized spacial score (nSPS) is 12.7. The lowest BCUT2D eigenvalue weighted by Crippen LogP contribution is -2.42. The summed E-state index contributed by atoms with van der Waals surface area (Å²) in [5, 5.41) is 2.31. The molecule has 2 rings (SSSR count). The zero-order valence-corrected chi connectivity index (χ0v) is 21.2. The van der Waals surface area contributed by atoms with Gasteiger partial charge in [0.15, 0.2) is 14.1 Å². The van der Waals surface area contributed by atoms with Crippen LogP contribution in [-0.2, 0) is 25.3 Å². The van der Waals surface area contributed by atoms with Crippen molar-refractivity contribution in [1.29, 1.82) is 0 Å². The monoisotopic (exact) mass is 475 g/mol. The zero-order chi connectivity index (χ0) is 24.6. The Morgan fingerprint density at radius 3 is 2.30 bits per heavy atom. The number of esters is 1. The van der Waals surface area contributed by atoms with E-state index in [4.69, 9.17) is 13.9 Å². The molecule has 2 aromatic carbocycles. The maximum absolute atomic E-state index is 15.5. The predicted octanol–water partition coefficient (Wildman–Crippen LogP) is 6.59. The van der Waals surface area contributed by atoms with Crippen LogP contribution in [0.15, 0.2) is 48.5 Å². The Hall–Kier alpha value is -2.71. The first kappa shape index (κ1) is 26.5. The number of carbonyl (C=O) groups is 2. The zero-order valence-electron chi connectivity index (χ0n) is 20.2. The van der Waals surface area contributed by atoms with Crippen molar-refractivity contribution in [3.05, 3.63) is 65.5 Å². The summed E-state index contributed by atoms with van der Waals surface area (Å²) in [5.41, 5.74) is 0.964. The smallest absolute Gasteiger partial charge is 0.412 e. The lowest BCUT2D eigenvalue weighted by atomic mass is 10.0. The molecule has 6 nitrogen and oxygen atoms in total. The van der Waals surface area contributed by atoms with Crippen molar-refractivity contribution in [3.8, 4) is 0 Å². The van der Waals surface area contributed by atoms with Crippen molar-refractivity contribution in [3.63, 3.8) is 0 Å². The Balaban J connectivity index is 2.23. The average Bonchev–Trinajstić information content (AvgIpc) is 2.73. The summed E-state index contributed by atoms with van der Waals surface area (Å²) in [7, 11) is -2.35. The van der Waals surface area contributed by atoms with Crippen molar-refractivity contribution < 1.29 is 27.9 Å². The van der Waals surface area contributed by atoms with E-state index in [0.717, 1.165) is 5.56 Å². The highest BCUT2D eigenvalue weighted by molar-refractivity contribution is 6.74. The minimum Gasteiger partial charge on any atom is -0.466 e. The maximum Gasteiger partial charge on any atom is 0.412 e. The van der Waals surface area contributed by atoms with Crippen molar-refractivity contribution in [2.75, 3.05) is 11.9 Å². The van der Waals surface area contributed by atoms with Gasteiger partial charge in [0.05, 0.1) is 24.8 Å². The molecule has 2 aromatic rings. The summed E-state index contributed by atoms with van der Waals surface area (Å²) in [6, 6.07) is 13.8. The fraction of sp³-hybridized carbons (Fsp3) is 0.440. The topological polar surface area (TPSA) is 73.9 Å². The minimum absolute atomic E-state index is 0.0433. The number of benzene rings is 2. The van der Waals surface area contributed by atoms with Gasteiger partial charge in [0.1, 0.15) is 6.61 Å².